The zero-order valence-corrected chi connectivity index (χ0v) is 9.80. The average Bonchev–Trinajstić information content (AvgIpc) is 2.86. The summed E-state index contributed by atoms with van der Waals surface area (Å²) in [5.74, 6) is 1.29. The number of nitrogens with one attached hydrogen (secondary N) is 1. The first-order valence-electron chi connectivity index (χ1n) is 5.94. The van der Waals surface area contributed by atoms with Gasteiger partial charge in [-0.3, -0.25) is 0 Å². The molecule has 0 amide bonds. The fourth-order valence-electron chi connectivity index (χ4n) is 3.24. The molecule has 0 heterocycles. The molecule has 86 valence electrons. The normalized spacial score (nSPS) is 32.0. The largest absolute Gasteiger partial charge is 0.380 e. The van der Waals surface area contributed by atoms with Crippen molar-refractivity contribution in [2.24, 2.45) is 11.8 Å². The van der Waals surface area contributed by atoms with E-state index in [0.29, 0.717) is 11.7 Å². The van der Waals surface area contributed by atoms with Gasteiger partial charge >= 0.3 is 0 Å². The Labute approximate surface area is 100.0 Å². The molecule has 2 saturated carbocycles. The monoisotopic (exact) mass is 239 g/mol. The number of halogens is 2. The van der Waals surface area contributed by atoms with E-state index in [-0.39, 0.29) is 10.8 Å². The van der Waals surface area contributed by atoms with Crippen LogP contribution in [0.2, 0.25) is 5.02 Å². The molecule has 1 N–H and O–H groups in total. The first-order valence-corrected chi connectivity index (χ1v) is 6.32. The number of benzene rings is 1. The molecule has 3 heteroatoms. The van der Waals surface area contributed by atoms with Crippen LogP contribution in [0.25, 0.3) is 0 Å². The first-order chi connectivity index (χ1) is 7.74. The van der Waals surface area contributed by atoms with Crippen molar-refractivity contribution in [3.8, 4) is 0 Å². The van der Waals surface area contributed by atoms with E-state index in [4.69, 9.17) is 11.6 Å². The molecule has 2 bridgehead atoms. The summed E-state index contributed by atoms with van der Waals surface area (Å²) < 4.78 is 13.7. The minimum atomic E-state index is -0.313. The van der Waals surface area contributed by atoms with Crippen molar-refractivity contribution in [3.05, 3.63) is 29.0 Å². The van der Waals surface area contributed by atoms with Crippen LogP contribution in [0, 0.1) is 17.7 Å². The fourth-order valence-corrected chi connectivity index (χ4v) is 3.41. The Morgan fingerprint density at radius 3 is 2.81 bits per heavy atom. The maximum atomic E-state index is 13.7. The second kappa shape index (κ2) is 3.92. The standard InChI is InChI=1S/C13H15ClFN/c14-10-2-1-3-11(13(10)15)16-12-7-8-4-5-9(12)6-8/h1-3,8-9,12,16H,4-7H2. The Bertz CT molecular complexity index is 407. The molecular weight excluding hydrogens is 225 g/mol. The van der Waals surface area contributed by atoms with E-state index in [1.807, 2.05) is 0 Å². The highest BCUT2D eigenvalue weighted by Crippen LogP contribution is 2.45. The molecule has 0 aliphatic heterocycles. The van der Waals surface area contributed by atoms with E-state index in [9.17, 15) is 4.39 Å². The van der Waals surface area contributed by atoms with Gasteiger partial charge < -0.3 is 5.32 Å². The van der Waals surface area contributed by atoms with Crippen molar-refractivity contribution in [1.29, 1.82) is 0 Å². The highest BCUT2D eigenvalue weighted by atomic mass is 35.5. The quantitative estimate of drug-likeness (QED) is 0.820. The summed E-state index contributed by atoms with van der Waals surface area (Å²) in [6, 6.07) is 5.60. The number of hydrogen-bond donors (Lipinski definition) is 1. The summed E-state index contributed by atoms with van der Waals surface area (Å²) in [5, 5.41) is 3.52. The van der Waals surface area contributed by atoms with Crippen molar-refractivity contribution < 1.29 is 4.39 Å². The second-order valence-corrected chi connectivity index (χ2v) is 5.43. The highest BCUT2D eigenvalue weighted by Gasteiger charge is 2.39. The van der Waals surface area contributed by atoms with Crippen molar-refractivity contribution in [2.75, 3.05) is 5.32 Å². The van der Waals surface area contributed by atoms with E-state index >= 15 is 0 Å². The van der Waals surface area contributed by atoms with Gasteiger partial charge in [0.15, 0.2) is 5.82 Å². The smallest absolute Gasteiger partial charge is 0.164 e. The van der Waals surface area contributed by atoms with Gasteiger partial charge in [0.25, 0.3) is 0 Å². The lowest BCUT2D eigenvalue weighted by atomic mass is 9.95. The molecule has 2 aliphatic rings. The van der Waals surface area contributed by atoms with E-state index < -0.39 is 0 Å². The topological polar surface area (TPSA) is 12.0 Å². The van der Waals surface area contributed by atoms with Gasteiger partial charge in [0.2, 0.25) is 0 Å². The van der Waals surface area contributed by atoms with E-state index in [1.165, 1.54) is 25.7 Å². The maximum absolute atomic E-state index is 13.7. The van der Waals surface area contributed by atoms with Crippen LogP contribution in [0.1, 0.15) is 25.7 Å². The first kappa shape index (κ1) is 10.4. The van der Waals surface area contributed by atoms with E-state index in [0.717, 1.165) is 11.8 Å². The molecular formula is C13H15ClFN. The number of fused-ring (bicyclic) bond motifs is 2. The number of anilines is 1. The van der Waals surface area contributed by atoms with Gasteiger partial charge in [0.05, 0.1) is 10.7 Å². The molecule has 3 atom stereocenters. The molecule has 2 fully saturated rings. The lowest BCUT2D eigenvalue weighted by Gasteiger charge is -2.24. The molecule has 3 unspecified atom stereocenters. The summed E-state index contributed by atoms with van der Waals surface area (Å²) in [7, 11) is 0. The highest BCUT2D eigenvalue weighted by molar-refractivity contribution is 6.31. The minimum absolute atomic E-state index is 0.202. The summed E-state index contributed by atoms with van der Waals surface area (Å²) in [5.41, 5.74) is 0.560. The number of hydrogen-bond acceptors (Lipinski definition) is 1. The lowest BCUT2D eigenvalue weighted by molar-refractivity contribution is 0.438. The molecule has 0 saturated heterocycles. The third-order valence-corrected chi connectivity index (χ3v) is 4.32. The van der Waals surface area contributed by atoms with Crippen molar-refractivity contribution in [3.63, 3.8) is 0 Å². The zero-order valence-electron chi connectivity index (χ0n) is 9.05. The number of rotatable bonds is 2. The maximum Gasteiger partial charge on any atom is 0.164 e. The Morgan fingerprint density at radius 2 is 2.12 bits per heavy atom. The molecule has 0 radical (unpaired) electrons. The summed E-state index contributed by atoms with van der Waals surface area (Å²) in [6.07, 6.45) is 5.17. The van der Waals surface area contributed by atoms with Crippen LogP contribution in [0.4, 0.5) is 10.1 Å². The van der Waals surface area contributed by atoms with Crippen LogP contribution in [-0.2, 0) is 0 Å². The zero-order chi connectivity index (χ0) is 11.1. The third kappa shape index (κ3) is 1.69. The van der Waals surface area contributed by atoms with Crippen LogP contribution in [-0.4, -0.2) is 6.04 Å². The molecule has 0 spiro atoms. The van der Waals surface area contributed by atoms with E-state index in [2.05, 4.69) is 5.32 Å². The Morgan fingerprint density at radius 1 is 1.25 bits per heavy atom. The summed E-state index contributed by atoms with van der Waals surface area (Å²) >= 11 is 5.76. The van der Waals surface area contributed by atoms with Gasteiger partial charge in [-0.25, -0.2) is 4.39 Å². The van der Waals surface area contributed by atoms with Crippen LogP contribution in [0.15, 0.2) is 18.2 Å². The molecule has 1 aromatic rings. The van der Waals surface area contributed by atoms with Crippen molar-refractivity contribution in [2.45, 2.75) is 31.7 Å². The average molecular weight is 240 g/mol. The lowest BCUT2D eigenvalue weighted by Crippen LogP contribution is -2.26. The van der Waals surface area contributed by atoms with Gasteiger partial charge in [0.1, 0.15) is 0 Å². The van der Waals surface area contributed by atoms with Crippen LogP contribution in [0.3, 0.4) is 0 Å². The summed E-state index contributed by atoms with van der Waals surface area (Å²) in [4.78, 5) is 0. The Balaban J connectivity index is 1.77. The molecule has 0 aromatic heterocycles. The molecule has 1 aromatic carbocycles. The summed E-state index contributed by atoms with van der Waals surface area (Å²) in [6.45, 7) is 0. The van der Waals surface area contributed by atoms with Gasteiger partial charge in [-0.1, -0.05) is 24.1 Å². The molecule has 1 nitrogen and oxygen atoms in total. The molecule has 3 rings (SSSR count). The van der Waals surface area contributed by atoms with Gasteiger partial charge in [-0.05, 0) is 43.2 Å². The molecule has 16 heavy (non-hydrogen) atoms. The SMILES string of the molecule is Fc1c(Cl)cccc1NC1CC2CCC1C2. The second-order valence-electron chi connectivity index (χ2n) is 5.03. The Hall–Kier alpha value is -0.760. The van der Waals surface area contributed by atoms with Crippen molar-refractivity contribution >= 4 is 17.3 Å². The van der Waals surface area contributed by atoms with Crippen LogP contribution >= 0.6 is 11.6 Å². The predicted octanol–water partition coefficient (Wildman–Crippen LogP) is 4.08. The third-order valence-electron chi connectivity index (χ3n) is 4.03. The Kier molecular flexibility index (Phi) is 2.55. The predicted molar refractivity (Wildman–Crippen MR) is 64.3 cm³/mol. The van der Waals surface area contributed by atoms with Gasteiger partial charge in [-0.2, -0.15) is 0 Å². The van der Waals surface area contributed by atoms with E-state index in [1.54, 1.807) is 18.2 Å². The van der Waals surface area contributed by atoms with Crippen LogP contribution < -0.4 is 5.32 Å². The van der Waals surface area contributed by atoms with Crippen molar-refractivity contribution in [1.82, 2.24) is 0 Å². The van der Waals surface area contributed by atoms with Gasteiger partial charge in [0, 0.05) is 6.04 Å². The minimum Gasteiger partial charge on any atom is -0.380 e. The molecule has 2 aliphatic carbocycles. The van der Waals surface area contributed by atoms with Crippen LogP contribution in [0.5, 0.6) is 0 Å². The fraction of sp³-hybridized carbons (Fsp3) is 0.538. The van der Waals surface area contributed by atoms with Gasteiger partial charge in [-0.15, -0.1) is 0 Å².